The Morgan fingerprint density at radius 1 is 1.07 bits per heavy atom. The summed E-state index contributed by atoms with van der Waals surface area (Å²) in [5.41, 5.74) is -2.49. The molecule has 0 fully saturated rings. The Morgan fingerprint density at radius 3 is 2.07 bits per heavy atom. The molecular formula is C15H15ClF6N2O3. The first kappa shape index (κ1) is 22.9. The fourth-order valence-electron chi connectivity index (χ4n) is 2.06. The van der Waals surface area contributed by atoms with Crippen molar-refractivity contribution in [3.8, 4) is 0 Å². The Morgan fingerprint density at radius 2 is 1.63 bits per heavy atom. The minimum atomic E-state index is -5.91. The number of urea groups is 1. The number of hydrogen-bond donors (Lipinski definition) is 2. The number of amides is 2. The van der Waals surface area contributed by atoms with Crippen LogP contribution >= 0.6 is 11.6 Å². The zero-order chi connectivity index (χ0) is 21.0. The number of alkyl halides is 7. The molecule has 27 heavy (non-hydrogen) atoms. The molecule has 0 unspecified atom stereocenters. The largest absolute Gasteiger partial charge is 0.462 e. The highest BCUT2D eigenvalue weighted by Crippen LogP contribution is 2.55. The molecule has 0 saturated carbocycles. The van der Waals surface area contributed by atoms with E-state index < -0.39 is 40.4 Å². The van der Waals surface area contributed by atoms with E-state index >= 15 is 0 Å². The number of rotatable bonds is 5. The number of carbonyl (C=O) groups is 2. The van der Waals surface area contributed by atoms with Gasteiger partial charge in [0.1, 0.15) is 0 Å². The van der Waals surface area contributed by atoms with Crippen molar-refractivity contribution in [3.05, 3.63) is 29.3 Å². The van der Waals surface area contributed by atoms with E-state index in [9.17, 15) is 35.9 Å². The molecule has 5 nitrogen and oxygen atoms in total. The molecule has 0 aliphatic carbocycles. The molecule has 0 saturated heterocycles. The fourth-order valence-corrected chi connectivity index (χ4v) is 2.18. The highest BCUT2D eigenvalue weighted by Gasteiger charge is 2.71. The van der Waals surface area contributed by atoms with E-state index in [1.54, 1.807) is 6.92 Å². The van der Waals surface area contributed by atoms with Gasteiger partial charge in [-0.3, -0.25) is 0 Å². The van der Waals surface area contributed by atoms with Gasteiger partial charge in [-0.25, -0.2) is 9.59 Å². The van der Waals surface area contributed by atoms with Gasteiger partial charge in [-0.05, 0) is 31.5 Å². The monoisotopic (exact) mass is 420 g/mol. The van der Waals surface area contributed by atoms with Crippen molar-refractivity contribution in [2.75, 3.05) is 18.5 Å². The van der Waals surface area contributed by atoms with Gasteiger partial charge in [-0.1, -0.05) is 17.7 Å². The number of carbonyl (C=O) groups excluding carboxylic acids is 2. The second-order valence-corrected chi connectivity index (χ2v) is 5.69. The number of nitrogens with one attached hydrogen (secondary N) is 2. The minimum Gasteiger partial charge on any atom is -0.462 e. The minimum absolute atomic E-state index is 0.186. The van der Waals surface area contributed by atoms with Crippen LogP contribution in [0.4, 0.5) is 36.8 Å². The average Bonchev–Trinajstić information content (AvgIpc) is 2.52. The number of hydrogen-bond acceptors (Lipinski definition) is 3. The van der Waals surface area contributed by atoms with Gasteiger partial charge in [0, 0.05) is 6.54 Å². The van der Waals surface area contributed by atoms with Crippen LogP contribution in [0.1, 0.15) is 29.8 Å². The van der Waals surface area contributed by atoms with E-state index in [4.69, 9.17) is 11.6 Å². The lowest BCUT2D eigenvalue weighted by Crippen LogP contribution is -2.49. The van der Waals surface area contributed by atoms with E-state index in [0.717, 1.165) is 0 Å². The third-order valence-corrected chi connectivity index (χ3v) is 3.93. The van der Waals surface area contributed by atoms with Crippen molar-refractivity contribution in [3.63, 3.8) is 0 Å². The van der Waals surface area contributed by atoms with E-state index in [2.05, 4.69) is 15.4 Å². The number of esters is 1. The predicted molar refractivity (Wildman–Crippen MR) is 84.7 cm³/mol. The summed E-state index contributed by atoms with van der Waals surface area (Å²) in [5, 5.41) is 4.45. The summed E-state index contributed by atoms with van der Waals surface area (Å²) in [6.45, 7) is 2.94. The van der Waals surface area contributed by atoms with Gasteiger partial charge in [-0.15, -0.1) is 0 Å². The van der Waals surface area contributed by atoms with Crippen LogP contribution in [-0.2, 0) is 9.61 Å². The van der Waals surface area contributed by atoms with Crippen molar-refractivity contribution in [2.45, 2.75) is 31.1 Å². The average molecular weight is 421 g/mol. The van der Waals surface area contributed by atoms with Gasteiger partial charge in [0.2, 0.25) is 0 Å². The fraction of sp³-hybridized carbons (Fsp3) is 0.467. The molecule has 2 amide bonds. The molecule has 1 rings (SSSR count). The quantitative estimate of drug-likeness (QED) is 0.417. The summed E-state index contributed by atoms with van der Waals surface area (Å²) < 4.78 is 83.4. The third kappa shape index (κ3) is 4.76. The molecule has 0 spiro atoms. The van der Waals surface area contributed by atoms with Gasteiger partial charge >= 0.3 is 24.4 Å². The predicted octanol–water partition coefficient (Wildman–Crippen LogP) is 4.56. The normalized spacial score (nSPS) is 12.5. The SMILES string of the molecule is CCNC(=O)Nc1ccc(C(Cl)(C(F)(F)F)C(F)(F)F)cc1C(=O)OCC. The Hall–Kier alpha value is -2.17. The standard InChI is InChI=1S/C15H15ClF6N2O3/c1-3-23-12(26)24-10-6-5-8(7-9(10)11(25)27-4-2)13(16,14(17,18)19)15(20,21)22/h5-7H,3-4H2,1-2H3,(H2,23,24,26). The first-order valence-electron chi connectivity index (χ1n) is 7.48. The van der Waals surface area contributed by atoms with Crippen molar-refractivity contribution >= 4 is 29.3 Å². The van der Waals surface area contributed by atoms with Crippen molar-refractivity contribution in [2.24, 2.45) is 0 Å². The molecule has 0 aliphatic rings. The molecule has 0 aliphatic heterocycles. The molecule has 0 bridgehead atoms. The van der Waals surface area contributed by atoms with Crippen molar-refractivity contribution < 1.29 is 40.7 Å². The van der Waals surface area contributed by atoms with E-state index in [-0.39, 0.29) is 18.8 Å². The zero-order valence-corrected chi connectivity index (χ0v) is 14.8. The van der Waals surface area contributed by atoms with E-state index in [1.165, 1.54) is 6.92 Å². The van der Waals surface area contributed by atoms with Crippen LogP contribution in [0.3, 0.4) is 0 Å². The lowest BCUT2D eigenvalue weighted by Gasteiger charge is -2.32. The number of ether oxygens (including phenoxy) is 1. The first-order chi connectivity index (χ1) is 12.3. The Balaban J connectivity index is 3.57. The van der Waals surface area contributed by atoms with Crippen LogP contribution in [0.25, 0.3) is 0 Å². The molecular weight excluding hydrogens is 406 g/mol. The smallest absolute Gasteiger partial charge is 0.420 e. The van der Waals surface area contributed by atoms with Crippen LogP contribution in [0, 0.1) is 0 Å². The van der Waals surface area contributed by atoms with Gasteiger partial charge in [0.15, 0.2) is 0 Å². The molecule has 0 atom stereocenters. The molecule has 1 aromatic rings. The summed E-state index contributed by atoms with van der Waals surface area (Å²) in [6.07, 6.45) is -11.8. The Labute approximate surface area is 155 Å². The maximum absolute atomic E-state index is 13.1. The summed E-state index contributed by atoms with van der Waals surface area (Å²) in [4.78, 5) is 18.8. The molecule has 0 radical (unpaired) electrons. The van der Waals surface area contributed by atoms with Crippen LogP contribution in [0.15, 0.2) is 18.2 Å². The lowest BCUT2D eigenvalue weighted by molar-refractivity contribution is -0.272. The summed E-state index contributed by atoms with van der Waals surface area (Å²) >= 11 is 4.98. The van der Waals surface area contributed by atoms with Crippen LogP contribution in [0.5, 0.6) is 0 Å². The lowest BCUT2D eigenvalue weighted by atomic mass is 9.94. The highest BCUT2D eigenvalue weighted by atomic mass is 35.5. The maximum atomic E-state index is 13.1. The van der Waals surface area contributed by atoms with E-state index in [1.807, 2.05) is 0 Å². The number of benzene rings is 1. The topological polar surface area (TPSA) is 67.4 Å². The van der Waals surface area contributed by atoms with Crippen LogP contribution < -0.4 is 10.6 Å². The van der Waals surface area contributed by atoms with Crippen LogP contribution in [-0.4, -0.2) is 37.5 Å². The van der Waals surface area contributed by atoms with Crippen LogP contribution in [0.2, 0.25) is 0 Å². The van der Waals surface area contributed by atoms with Gasteiger partial charge in [-0.2, -0.15) is 26.3 Å². The molecule has 12 heteroatoms. The summed E-state index contributed by atoms with van der Waals surface area (Å²) in [5.74, 6) is -1.23. The second-order valence-electron chi connectivity index (χ2n) is 5.12. The molecule has 0 heterocycles. The molecule has 0 aromatic heterocycles. The van der Waals surface area contributed by atoms with Crippen molar-refractivity contribution in [1.82, 2.24) is 5.32 Å². The molecule has 2 N–H and O–H groups in total. The van der Waals surface area contributed by atoms with Gasteiger partial charge < -0.3 is 15.4 Å². The molecule has 1 aromatic carbocycles. The summed E-state index contributed by atoms with van der Waals surface area (Å²) in [6, 6.07) is 0.622. The highest BCUT2D eigenvalue weighted by molar-refractivity contribution is 6.25. The van der Waals surface area contributed by atoms with Gasteiger partial charge in [0.05, 0.1) is 17.9 Å². The second kappa shape index (κ2) is 8.24. The van der Waals surface area contributed by atoms with Gasteiger partial charge in [0.25, 0.3) is 4.87 Å². The summed E-state index contributed by atoms with van der Waals surface area (Å²) in [7, 11) is 0. The number of halogens is 7. The third-order valence-electron chi connectivity index (χ3n) is 3.28. The zero-order valence-electron chi connectivity index (χ0n) is 14.0. The Bertz CT molecular complexity index is 692. The number of anilines is 1. The van der Waals surface area contributed by atoms with E-state index in [0.29, 0.717) is 18.2 Å². The Kier molecular flexibility index (Phi) is 6.98. The van der Waals surface area contributed by atoms with Crippen molar-refractivity contribution in [1.29, 1.82) is 0 Å². The molecule has 152 valence electrons. The first-order valence-corrected chi connectivity index (χ1v) is 7.86. The maximum Gasteiger partial charge on any atom is 0.420 e.